The first-order valence-corrected chi connectivity index (χ1v) is 9.53. The lowest BCUT2D eigenvalue weighted by atomic mass is 10.1. The van der Waals surface area contributed by atoms with Crippen LogP contribution < -0.4 is 9.80 Å². The highest BCUT2D eigenvalue weighted by atomic mass is 16.2. The Kier molecular flexibility index (Phi) is 5.20. The number of carbonyl (C=O) groups is 2. The molecule has 4 rings (SSSR count). The lowest BCUT2D eigenvalue weighted by Crippen LogP contribution is -2.31. The van der Waals surface area contributed by atoms with Crippen molar-refractivity contribution < 1.29 is 9.59 Å². The molecule has 0 atom stereocenters. The minimum Gasteiger partial charge on any atom is -0.312 e. The Morgan fingerprint density at radius 2 is 1.61 bits per heavy atom. The molecule has 3 aromatic rings. The van der Waals surface area contributed by atoms with E-state index in [9.17, 15) is 9.59 Å². The highest BCUT2D eigenvalue weighted by molar-refractivity contribution is 6.07. The van der Waals surface area contributed by atoms with E-state index in [1.807, 2.05) is 84.9 Å². The lowest BCUT2D eigenvalue weighted by molar-refractivity contribution is -0.117. The van der Waals surface area contributed by atoms with Crippen LogP contribution in [0.4, 0.5) is 11.4 Å². The first-order valence-electron chi connectivity index (χ1n) is 9.53. The number of nitrogens with zero attached hydrogens (tertiary/aromatic N) is 2. The van der Waals surface area contributed by atoms with Gasteiger partial charge in [-0.05, 0) is 42.3 Å². The van der Waals surface area contributed by atoms with Crippen LogP contribution in [0.3, 0.4) is 0 Å². The maximum Gasteiger partial charge on any atom is 0.258 e. The molecule has 0 aliphatic carbocycles. The van der Waals surface area contributed by atoms with Crippen LogP contribution in [0.1, 0.15) is 28.8 Å². The number of anilines is 2. The summed E-state index contributed by atoms with van der Waals surface area (Å²) in [5.41, 5.74) is 3.28. The molecule has 1 aliphatic heterocycles. The van der Waals surface area contributed by atoms with Crippen LogP contribution in [0.2, 0.25) is 0 Å². The van der Waals surface area contributed by atoms with Gasteiger partial charge in [0.05, 0.1) is 6.54 Å². The molecule has 1 aliphatic rings. The van der Waals surface area contributed by atoms with E-state index in [4.69, 9.17) is 0 Å². The fourth-order valence-electron chi connectivity index (χ4n) is 3.54. The normalized spacial score (nSPS) is 13.6. The summed E-state index contributed by atoms with van der Waals surface area (Å²) in [6, 6.07) is 27.0. The summed E-state index contributed by atoms with van der Waals surface area (Å²) in [5, 5.41) is 0. The molecule has 0 saturated carbocycles. The SMILES string of the molecule is O=C1CCCN1c1cccc(C(=O)N(Cc2ccccc2)c2ccccc2)c1. The van der Waals surface area contributed by atoms with E-state index >= 15 is 0 Å². The van der Waals surface area contributed by atoms with Crippen molar-refractivity contribution in [2.75, 3.05) is 16.3 Å². The monoisotopic (exact) mass is 370 g/mol. The molecule has 0 unspecified atom stereocenters. The number of amides is 2. The second-order valence-electron chi connectivity index (χ2n) is 6.91. The molecule has 0 aromatic heterocycles. The molecule has 140 valence electrons. The van der Waals surface area contributed by atoms with Gasteiger partial charge in [0.2, 0.25) is 5.91 Å². The molecule has 28 heavy (non-hydrogen) atoms. The average molecular weight is 370 g/mol. The lowest BCUT2D eigenvalue weighted by Gasteiger charge is -2.24. The van der Waals surface area contributed by atoms with E-state index in [0.717, 1.165) is 23.4 Å². The molecule has 3 aromatic carbocycles. The fraction of sp³-hybridized carbons (Fsp3) is 0.167. The number of benzene rings is 3. The van der Waals surface area contributed by atoms with Crippen LogP contribution in [-0.4, -0.2) is 18.4 Å². The van der Waals surface area contributed by atoms with E-state index in [1.165, 1.54) is 0 Å². The molecule has 0 N–H and O–H groups in total. The topological polar surface area (TPSA) is 40.6 Å². The Bertz CT molecular complexity index is 970. The highest BCUT2D eigenvalue weighted by Gasteiger charge is 2.24. The van der Waals surface area contributed by atoms with Gasteiger partial charge in [0.15, 0.2) is 0 Å². The number of rotatable bonds is 5. The largest absolute Gasteiger partial charge is 0.312 e. The third-order valence-corrected chi connectivity index (χ3v) is 4.97. The van der Waals surface area contributed by atoms with Gasteiger partial charge in [-0.1, -0.05) is 54.6 Å². The number of para-hydroxylation sites is 1. The minimum absolute atomic E-state index is 0.0800. The van der Waals surface area contributed by atoms with Crippen molar-refractivity contribution in [2.24, 2.45) is 0 Å². The van der Waals surface area contributed by atoms with Gasteiger partial charge < -0.3 is 9.80 Å². The van der Waals surface area contributed by atoms with Crippen molar-refractivity contribution in [1.82, 2.24) is 0 Å². The second-order valence-corrected chi connectivity index (χ2v) is 6.91. The van der Waals surface area contributed by atoms with Crippen molar-refractivity contribution >= 4 is 23.2 Å². The van der Waals surface area contributed by atoms with Crippen LogP contribution >= 0.6 is 0 Å². The van der Waals surface area contributed by atoms with Crippen molar-refractivity contribution in [1.29, 1.82) is 0 Å². The number of carbonyl (C=O) groups excluding carboxylic acids is 2. The van der Waals surface area contributed by atoms with E-state index in [-0.39, 0.29) is 11.8 Å². The Morgan fingerprint density at radius 3 is 2.29 bits per heavy atom. The zero-order valence-electron chi connectivity index (χ0n) is 15.6. The first-order chi connectivity index (χ1) is 13.7. The van der Waals surface area contributed by atoms with Crippen LogP contribution in [-0.2, 0) is 11.3 Å². The van der Waals surface area contributed by atoms with E-state index in [1.54, 1.807) is 9.80 Å². The van der Waals surface area contributed by atoms with E-state index < -0.39 is 0 Å². The van der Waals surface area contributed by atoms with Crippen molar-refractivity contribution in [3.8, 4) is 0 Å². The summed E-state index contributed by atoms with van der Waals surface area (Å²) in [6.45, 7) is 1.19. The third-order valence-electron chi connectivity index (χ3n) is 4.97. The summed E-state index contributed by atoms with van der Waals surface area (Å²) < 4.78 is 0. The molecule has 2 amide bonds. The zero-order chi connectivity index (χ0) is 19.3. The minimum atomic E-state index is -0.0800. The van der Waals surface area contributed by atoms with Crippen LogP contribution in [0.15, 0.2) is 84.9 Å². The van der Waals surface area contributed by atoms with Gasteiger partial charge in [0.1, 0.15) is 0 Å². The molecule has 1 fully saturated rings. The predicted molar refractivity (Wildman–Crippen MR) is 111 cm³/mol. The maximum atomic E-state index is 13.4. The quantitative estimate of drug-likeness (QED) is 0.655. The third kappa shape index (κ3) is 3.81. The maximum absolute atomic E-state index is 13.4. The highest BCUT2D eigenvalue weighted by Crippen LogP contribution is 2.25. The molecular weight excluding hydrogens is 348 g/mol. The molecule has 4 heteroatoms. The fourth-order valence-corrected chi connectivity index (χ4v) is 3.54. The summed E-state index contributed by atoms with van der Waals surface area (Å²) in [6.07, 6.45) is 1.43. The summed E-state index contributed by atoms with van der Waals surface area (Å²) in [5.74, 6) is 0.0392. The van der Waals surface area contributed by atoms with Crippen LogP contribution in [0.5, 0.6) is 0 Å². The second kappa shape index (κ2) is 8.09. The summed E-state index contributed by atoms with van der Waals surface area (Å²) in [4.78, 5) is 29.0. The Hall–Kier alpha value is -3.40. The average Bonchev–Trinajstić information content (AvgIpc) is 3.19. The number of hydrogen-bond acceptors (Lipinski definition) is 2. The molecule has 0 radical (unpaired) electrons. The standard InChI is InChI=1S/C24H22N2O2/c27-23-15-8-16-25(23)22-14-7-11-20(17-22)24(28)26(21-12-5-2-6-13-21)18-19-9-3-1-4-10-19/h1-7,9-14,17H,8,15-16,18H2. The molecule has 1 saturated heterocycles. The zero-order valence-corrected chi connectivity index (χ0v) is 15.6. The molecule has 1 heterocycles. The van der Waals surface area contributed by atoms with Crippen molar-refractivity contribution in [2.45, 2.75) is 19.4 Å². The molecule has 0 bridgehead atoms. The number of hydrogen-bond donors (Lipinski definition) is 0. The Labute approximate surface area is 165 Å². The summed E-state index contributed by atoms with van der Waals surface area (Å²) >= 11 is 0. The molecular formula is C24H22N2O2. The van der Waals surface area contributed by atoms with Gasteiger partial charge in [-0.3, -0.25) is 9.59 Å². The van der Waals surface area contributed by atoms with E-state index in [2.05, 4.69) is 0 Å². The van der Waals surface area contributed by atoms with Crippen LogP contribution in [0.25, 0.3) is 0 Å². The van der Waals surface area contributed by atoms with Gasteiger partial charge in [-0.2, -0.15) is 0 Å². The molecule has 4 nitrogen and oxygen atoms in total. The smallest absolute Gasteiger partial charge is 0.258 e. The van der Waals surface area contributed by atoms with Crippen molar-refractivity contribution in [3.05, 3.63) is 96.1 Å². The first kappa shape index (κ1) is 18.0. The van der Waals surface area contributed by atoms with Crippen LogP contribution in [0, 0.1) is 0 Å². The van der Waals surface area contributed by atoms with Crippen molar-refractivity contribution in [3.63, 3.8) is 0 Å². The Morgan fingerprint density at radius 1 is 0.893 bits per heavy atom. The van der Waals surface area contributed by atoms with Gasteiger partial charge in [0.25, 0.3) is 5.91 Å². The van der Waals surface area contributed by atoms with Gasteiger partial charge in [0, 0.05) is 29.9 Å². The van der Waals surface area contributed by atoms with Gasteiger partial charge in [-0.15, -0.1) is 0 Å². The van der Waals surface area contributed by atoms with E-state index in [0.29, 0.717) is 25.1 Å². The predicted octanol–water partition coefficient (Wildman–Crippen LogP) is 4.66. The van der Waals surface area contributed by atoms with Gasteiger partial charge >= 0.3 is 0 Å². The molecule has 0 spiro atoms. The van der Waals surface area contributed by atoms with Gasteiger partial charge in [-0.25, -0.2) is 0 Å². The Balaban J connectivity index is 1.66. The summed E-state index contributed by atoms with van der Waals surface area (Å²) in [7, 11) is 0.